The van der Waals surface area contributed by atoms with Crippen LogP contribution in [0.1, 0.15) is 44.7 Å². The van der Waals surface area contributed by atoms with Crippen molar-refractivity contribution in [1.82, 2.24) is 0 Å². The van der Waals surface area contributed by atoms with Crippen LogP contribution in [-0.2, 0) is 12.8 Å². The number of hydrogen-bond donors (Lipinski definition) is 0. The van der Waals surface area contributed by atoms with E-state index in [2.05, 4.69) is 26.8 Å². The predicted molar refractivity (Wildman–Crippen MR) is 70.6 cm³/mol. The maximum absolute atomic E-state index is 6.25. The summed E-state index contributed by atoms with van der Waals surface area (Å²) in [6, 6.07) is 4.10. The Morgan fingerprint density at radius 1 is 1.25 bits per heavy atom. The van der Waals surface area contributed by atoms with Crippen molar-refractivity contribution >= 4 is 11.6 Å². The molecule has 1 nitrogen and oxygen atoms in total. The number of hydrogen-bond acceptors (Lipinski definition) is 1. The standard InChI is InChI=1S/C11H13ClO.C3H8/c1-2-8-5-6-10-9(11(8)12)4-3-7-13-10;1-3-2/h5-6H,2-4,7H2,1H3;3H2,1-2H3. The highest BCUT2D eigenvalue weighted by atomic mass is 35.5. The molecule has 0 radical (unpaired) electrons. The van der Waals surface area contributed by atoms with Crippen molar-refractivity contribution < 1.29 is 4.74 Å². The van der Waals surface area contributed by atoms with E-state index in [0.717, 1.165) is 36.6 Å². The first-order valence-corrected chi connectivity index (χ1v) is 6.55. The third-order valence-electron chi connectivity index (χ3n) is 2.49. The summed E-state index contributed by atoms with van der Waals surface area (Å²) in [5.41, 5.74) is 2.43. The smallest absolute Gasteiger partial charge is 0.123 e. The minimum Gasteiger partial charge on any atom is -0.493 e. The van der Waals surface area contributed by atoms with E-state index in [1.165, 1.54) is 17.5 Å². The van der Waals surface area contributed by atoms with Crippen LogP contribution in [0, 0.1) is 0 Å². The van der Waals surface area contributed by atoms with Gasteiger partial charge in [-0.3, -0.25) is 0 Å². The largest absolute Gasteiger partial charge is 0.493 e. The molecule has 1 aliphatic heterocycles. The maximum atomic E-state index is 6.25. The van der Waals surface area contributed by atoms with Crippen molar-refractivity contribution in [2.45, 2.75) is 46.5 Å². The van der Waals surface area contributed by atoms with Crippen molar-refractivity contribution in [3.8, 4) is 5.75 Å². The van der Waals surface area contributed by atoms with E-state index in [4.69, 9.17) is 16.3 Å². The average molecular weight is 241 g/mol. The molecule has 0 spiro atoms. The molecule has 0 aliphatic carbocycles. The molecule has 0 aromatic heterocycles. The van der Waals surface area contributed by atoms with Gasteiger partial charge in [0, 0.05) is 5.56 Å². The lowest BCUT2D eigenvalue weighted by Crippen LogP contribution is -2.09. The molecule has 1 heterocycles. The molecular weight excluding hydrogens is 220 g/mol. The average Bonchev–Trinajstić information content (AvgIpc) is 2.31. The normalized spacial score (nSPS) is 13.2. The van der Waals surface area contributed by atoms with Crippen LogP contribution in [0.25, 0.3) is 0 Å². The molecule has 0 unspecified atom stereocenters. The third kappa shape index (κ3) is 3.15. The van der Waals surface area contributed by atoms with Crippen LogP contribution >= 0.6 is 11.6 Å². The second-order valence-electron chi connectivity index (χ2n) is 4.03. The molecule has 16 heavy (non-hydrogen) atoms. The fourth-order valence-corrected chi connectivity index (χ4v) is 2.11. The van der Waals surface area contributed by atoms with Gasteiger partial charge in [0.1, 0.15) is 5.75 Å². The SMILES string of the molecule is CCC.CCc1ccc2c(c1Cl)CCCO2. The Balaban J connectivity index is 0.000000386. The number of halogens is 1. The highest BCUT2D eigenvalue weighted by Gasteiger charge is 2.15. The van der Waals surface area contributed by atoms with E-state index >= 15 is 0 Å². The van der Waals surface area contributed by atoms with Gasteiger partial charge in [-0.05, 0) is 30.9 Å². The minimum absolute atomic E-state index is 0.828. The monoisotopic (exact) mass is 240 g/mol. The van der Waals surface area contributed by atoms with Gasteiger partial charge in [-0.25, -0.2) is 0 Å². The lowest BCUT2D eigenvalue weighted by atomic mass is 10.0. The number of fused-ring (bicyclic) bond motifs is 1. The van der Waals surface area contributed by atoms with Gasteiger partial charge >= 0.3 is 0 Å². The fourth-order valence-electron chi connectivity index (χ4n) is 1.72. The van der Waals surface area contributed by atoms with Crippen LogP contribution in [0.5, 0.6) is 5.75 Å². The molecule has 1 aliphatic rings. The maximum Gasteiger partial charge on any atom is 0.123 e. The van der Waals surface area contributed by atoms with Gasteiger partial charge in [-0.2, -0.15) is 0 Å². The molecule has 0 fully saturated rings. The second kappa shape index (κ2) is 6.80. The topological polar surface area (TPSA) is 9.23 Å². The zero-order chi connectivity index (χ0) is 12.0. The van der Waals surface area contributed by atoms with Crippen LogP contribution in [-0.4, -0.2) is 6.61 Å². The van der Waals surface area contributed by atoms with Crippen LogP contribution in [0.4, 0.5) is 0 Å². The number of benzene rings is 1. The summed E-state index contributed by atoms with van der Waals surface area (Å²) < 4.78 is 5.52. The summed E-state index contributed by atoms with van der Waals surface area (Å²) in [7, 11) is 0. The Morgan fingerprint density at radius 3 is 2.56 bits per heavy atom. The van der Waals surface area contributed by atoms with Crippen molar-refractivity contribution in [1.29, 1.82) is 0 Å². The number of rotatable bonds is 1. The van der Waals surface area contributed by atoms with Gasteiger partial charge in [-0.1, -0.05) is 44.9 Å². The molecule has 0 N–H and O–H groups in total. The van der Waals surface area contributed by atoms with E-state index < -0.39 is 0 Å². The van der Waals surface area contributed by atoms with Gasteiger partial charge in [0.15, 0.2) is 0 Å². The van der Waals surface area contributed by atoms with Crippen LogP contribution < -0.4 is 4.74 Å². The molecule has 0 saturated heterocycles. The van der Waals surface area contributed by atoms with Gasteiger partial charge in [0.05, 0.1) is 11.6 Å². The van der Waals surface area contributed by atoms with Crippen molar-refractivity contribution in [3.05, 3.63) is 28.3 Å². The number of ether oxygens (including phenoxy) is 1. The van der Waals surface area contributed by atoms with Crippen molar-refractivity contribution in [2.24, 2.45) is 0 Å². The molecular formula is C14H21ClO. The first-order chi connectivity index (χ1) is 7.74. The first kappa shape index (κ1) is 13.4. The summed E-state index contributed by atoms with van der Waals surface area (Å²) in [6.45, 7) is 7.20. The van der Waals surface area contributed by atoms with E-state index in [1.807, 2.05) is 6.07 Å². The van der Waals surface area contributed by atoms with Gasteiger partial charge in [0.2, 0.25) is 0 Å². The van der Waals surface area contributed by atoms with E-state index in [1.54, 1.807) is 0 Å². The minimum atomic E-state index is 0.828. The highest BCUT2D eigenvalue weighted by molar-refractivity contribution is 6.32. The van der Waals surface area contributed by atoms with Gasteiger partial charge < -0.3 is 4.74 Å². The molecule has 1 aromatic rings. The summed E-state index contributed by atoms with van der Waals surface area (Å²) in [6.07, 6.45) is 4.38. The quantitative estimate of drug-likeness (QED) is 0.695. The Labute approximate surface area is 104 Å². The van der Waals surface area contributed by atoms with Crippen molar-refractivity contribution in [2.75, 3.05) is 6.61 Å². The molecule has 0 bridgehead atoms. The first-order valence-electron chi connectivity index (χ1n) is 6.17. The summed E-state index contributed by atoms with van der Waals surface area (Å²) in [5, 5.41) is 0.916. The molecule has 90 valence electrons. The molecule has 0 atom stereocenters. The lowest BCUT2D eigenvalue weighted by Gasteiger charge is -2.19. The van der Waals surface area contributed by atoms with Gasteiger partial charge in [-0.15, -0.1) is 0 Å². The molecule has 0 saturated carbocycles. The van der Waals surface area contributed by atoms with E-state index in [0.29, 0.717) is 0 Å². The Morgan fingerprint density at radius 2 is 1.94 bits per heavy atom. The van der Waals surface area contributed by atoms with Crippen molar-refractivity contribution in [3.63, 3.8) is 0 Å². The molecule has 1 aromatic carbocycles. The fraction of sp³-hybridized carbons (Fsp3) is 0.571. The summed E-state index contributed by atoms with van der Waals surface area (Å²) in [5.74, 6) is 0.980. The Bertz CT molecular complexity index is 334. The summed E-state index contributed by atoms with van der Waals surface area (Å²) >= 11 is 6.25. The molecule has 2 rings (SSSR count). The predicted octanol–water partition coefficient (Wildman–Crippen LogP) is 4.64. The third-order valence-corrected chi connectivity index (χ3v) is 2.96. The molecule has 0 amide bonds. The highest BCUT2D eigenvalue weighted by Crippen LogP contribution is 2.33. The lowest BCUT2D eigenvalue weighted by molar-refractivity contribution is 0.288. The second-order valence-corrected chi connectivity index (χ2v) is 4.41. The zero-order valence-corrected chi connectivity index (χ0v) is 11.2. The van der Waals surface area contributed by atoms with Crippen LogP contribution in [0.15, 0.2) is 12.1 Å². The Kier molecular flexibility index (Phi) is 5.68. The van der Waals surface area contributed by atoms with E-state index in [-0.39, 0.29) is 0 Å². The molecule has 2 heteroatoms. The van der Waals surface area contributed by atoms with Crippen LogP contribution in [0.2, 0.25) is 5.02 Å². The summed E-state index contributed by atoms with van der Waals surface area (Å²) in [4.78, 5) is 0. The van der Waals surface area contributed by atoms with Gasteiger partial charge in [0.25, 0.3) is 0 Å². The Hall–Kier alpha value is -0.690. The van der Waals surface area contributed by atoms with E-state index in [9.17, 15) is 0 Å². The van der Waals surface area contributed by atoms with Crippen LogP contribution in [0.3, 0.4) is 0 Å². The zero-order valence-electron chi connectivity index (χ0n) is 10.5. The number of aryl methyl sites for hydroxylation is 1.